The van der Waals surface area contributed by atoms with Crippen molar-refractivity contribution in [3.8, 4) is 0 Å². The van der Waals surface area contributed by atoms with Crippen LogP contribution in [0, 0.1) is 5.82 Å². The number of halogens is 8. The average molecular weight is 673 g/mol. The molecular weight excluding hydrogens is 649 g/mol. The summed E-state index contributed by atoms with van der Waals surface area (Å²) in [6, 6.07) is 9.70. The van der Waals surface area contributed by atoms with Crippen LogP contribution >= 0.6 is 11.6 Å². The van der Waals surface area contributed by atoms with E-state index in [0.29, 0.717) is 31.2 Å². The molecule has 15 heteroatoms. The third-order valence-electron chi connectivity index (χ3n) is 7.54. The molecule has 0 radical (unpaired) electrons. The van der Waals surface area contributed by atoms with Crippen LogP contribution in [-0.4, -0.2) is 35.4 Å². The van der Waals surface area contributed by atoms with E-state index in [9.17, 15) is 47.6 Å². The molecule has 1 aliphatic carbocycles. The fourth-order valence-electron chi connectivity index (χ4n) is 5.42. The molecule has 1 fully saturated rings. The zero-order valence-corrected chi connectivity index (χ0v) is 24.7. The van der Waals surface area contributed by atoms with Gasteiger partial charge in [-0.15, -0.1) is 0 Å². The molecule has 5 nitrogen and oxygen atoms in total. The number of hydrogen-bond donors (Lipinski definition) is 0. The lowest BCUT2D eigenvalue weighted by atomic mass is 9.88. The first-order valence-corrected chi connectivity index (χ1v) is 16.4. The van der Waals surface area contributed by atoms with Gasteiger partial charge in [-0.25, -0.2) is 21.2 Å². The summed E-state index contributed by atoms with van der Waals surface area (Å²) in [4.78, 5) is -0.851. The summed E-state index contributed by atoms with van der Waals surface area (Å²) in [5.74, 6) is -0.693. The Balaban J connectivity index is 1.82. The van der Waals surface area contributed by atoms with Gasteiger partial charge in [-0.1, -0.05) is 54.8 Å². The van der Waals surface area contributed by atoms with E-state index in [1.807, 2.05) is 0 Å². The van der Waals surface area contributed by atoms with Gasteiger partial charge >= 0.3 is 12.4 Å². The molecule has 3 aromatic rings. The van der Waals surface area contributed by atoms with Gasteiger partial charge in [-0.05, 0) is 60.4 Å². The van der Waals surface area contributed by atoms with Gasteiger partial charge in [-0.3, -0.25) is 0 Å². The number of alkyl halides is 6. The molecule has 0 heterocycles. The van der Waals surface area contributed by atoms with Crippen molar-refractivity contribution in [2.45, 2.75) is 64.8 Å². The standard InChI is InChI=1S/C28H24ClF7O5S2/c1-42(37,38)24-16-21(29)9-4-18(24)17-41-26(27(31,32)33,28(34,35)36)20-7-5-19(6-8-20)25(14-2-3-15-25)43(39,40)23-12-10-22(30)11-13-23/h4-13,16H,2-3,14-15,17H2,1H3. The van der Waals surface area contributed by atoms with Crippen LogP contribution in [0.2, 0.25) is 5.02 Å². The smallest absolute Gasteiger partial charge is 0.349 e. The number of benzene rings is 3. The lowest BCUT2D eigenvalue weighted by Crippen LogP contribution is -2.55. The summed E-state index contributed by atoms with van der Waals surface area (Å²) in [5.41, 5.74) is -6.82. The monoisotopic (exact) mass is 672 g/mol. The molecular formula is C28H24ClF7O5S2. The molecule has 0 atom stereocenters. The van der Waals surface area contributed by atoms with Gasteiger partial charge < -0.3 is 4.74 Å². The highest BCUT2D eigenvalue weighted by molar-refractivity contribution is 7.92. The van der Waals surface area contributed by atoms with Crippen LogP contribution < -0.4 is 0 Å². The Bertz CT molecular complexity index is 1680. The van der Waals surface area contributed by atoms with Gasteiger partial charge in [0.05, 0.1) is 16.4 Å². The van der Waals surface area contributed by atoms with E-state index in [2.05, 4.69) is 4.74 Å². The Morgan fingerprint density at radius 2 is 1.35 bits per heavy atom. The van der Waals surface area contributed by atoms with Crippen LogP contribution in [0.5, 0.6) is 0 Å². The lowest BCUT2D eigenvalue weighted by Gasteiger charge is -2.38. The zero-order chi connectivity index (χ0) is 32.1. The average Bonchev–Trinajstić information content (AvgIpc) is 3.40. The molecule has 0 N–H and O–H groups in total. The van der Waals surface area contributed by atoms with Crippen molar-refractivity contribution in [1.82, 2.24) is 0 Å². The molecule has 0 bridgehead atoms. The topological polar surface area (TPSA) is 77.5 Å². The van der Waals surface area contributed by atoms with E-state index in [1.54, 1.807) is 0 Å². The second-order valence-electron chi connectivity index (χ2n) is 10.2. The third-order valence-corrected chi connectivity index (χ3v) is 11.5. The second kappa shape index (κ2) is 11.4. The normalized spacial score (nSPS) is 16.4. The number of sulfone groups is 2. The van der Waals surface area contributed by atoms with Crippen LogP contribution in [0.4, 0.5) is 30.7 Å². The fourth-order valence-corrected chi connectivity index (χ4v) is 8.82. The van der Waals surface area contributed by atoms with Crippen molar-refractivity contribution in [3.63, 3.8) is 0 Å². The van der Waals surface area contributed by atoms with Crippen LogP contribution in [-0.2, 0) is 41.4 Å². The van der Waals surface area contributed by atoms with E-state index in [0.717, 1.165) is 54.6 Å². The maximum absolute atomic E-state index is 14.5. The molecule has 0 unspecified atom stereocenters. The highest BCUT2D eigenvalue weighted by atomic mass is 35.5. The molecule has 0 amide bonds. The van der Waals surface area contributed by atoms with Gasteiger partial charge in [0.2, 0.25) is 0 Å². The summed E-state index contributed by atoms with van der Waals surface area (Å²) < 4.78 is 155. The highest BCUT2D eigenvalue weighted by Gasteiger charge is 2.73. The minimum Gasteiger partial charge on any atom is -0.349 e. The summed E-state index contributed by atoms with van der Waals surface area (Å²) in [7, 11) is -8.38. The van der Waals surface area contributed by atoms with Crippen LogP contribution in [0.3, 0.4) is 0 Å². The molecule has 43 heavy (non-hydrogen) atoms. The van der Waals surface area contributed by atoms with Crippen molar-refractivity contribution in [1.29, 1.82) is 0 Å². The predicted octanol–water partition coefficient (Wildman–Crippen LogP) is 7.66. The SMILES string of the molecule is CS(=O)(=O)c1cc(Cl)ccc1COC(c1ccc(C2(S(=O)(=O)c3ccc(F)cc3)CCCC2)cc1)(C(F)(F)F)C(F)(F)F. The first kappa shape index (κ1) is 33.2. The Morgan fingerprint density at radius 3 is 1.84 bits per heavy atom. The summed E-state index contributed by atoms with van der Waals surface area (Å²) in [6.07, 6.45) is -10.5. The molecule has 1 saturated carbocycles. The molecule has 4 rings (SSSR count). The number of rotatable bonds is 8. The maximum atomic E-state index is 14.5. The quantitative estimate of drug-likeness (QED) is 0.181. The van der Waals surface area contributed by atoms with E-state index in [4.69, 9.17) is 11.6 Å². The number of ether oxygens (including phenoxy) is 1. The molecule has 1 aliphatic rings. The van der Waals surface area contributed by atoms with Crippen molar-refractivity contribution >= 4 is 31.3 Å². The minimum atomic E-state index is -6.09. The van der Waals surface area contributed by atoms with Crippen molar-refractivity contribution in [2.24, 2.45) is 0 Å². The number of hydrogen-bond acceptors (Lipinski definition) is 5. The van der Waals surface area contributed by atoms with Gasteiger partial charge in [0.15, 0.2) is 19.7 Å². The zero-order valence-electron chi connectivity index (χ0n) is 22.3. The molecule has 0 aliphatic heterocycles. The van der Waals surface area contributed by atoms with E-state index >= 15 is 0 Å². The lowest BCUT2D eigenvalue weighted by molar-refractivity contribution is -0.392. The Labute approximate surface area is 248 Å². The minimum absolute atomic E-state index is 0.0339. The third kappa shape index (κ3) is 5.90. The van der Waals surface area contributed by atoms with Crippen LogP contribution in [0.1, 0.15) is 42.4 Å². The highest BCUT2D eigenvalue weighted by Crippen LogP contribution is 2.54. The molecule has 3 aromatic carbocycles. The van der Waals surface area contributed by atoms with E-state index in [1.165, 1.54) is 0 Å². The van der Waals surface area contributed by atoms with Crippen molar-refractivity contribution < 1.29 is 52.3 Å². The predicted molar refractivity (Wildman–Crippen MR) is 143 cm³/mol. The first-order chi connectivity index (χ1) is 19.8. The Morgan fingerprint density at radius 1 is 0.814 bits per heavy atom. The maximum Gasteiger partial charge on any atom is 0.430 e. The van der Waals surface area contributed by atoms with Gasteiger partial charge in [0.1, 0.15) is 10.6 Å². The molecule has 0 saturated heterocycles. The van der Waals surface area contributed by atoms with Crippen LogP contribution in [0.15, 0.2) is 76.5 Å². The largest absolute Gasteiger partial charge is 0.430 e. The van der Waals surface area contributed by atoms with Gasteiger partial charge in [0, 0.05) is 16.8 Å². The summed E-state index contributed by atoms with van der Waals surface area (Å²) in [5, 5.41) is -0.117. The van der Waals surface area contributed by atoms with E-state index in [-0.39, 0.29) is 28.3 Å². The van der Waals surface area contributed by atoms with Crippen molar-refractivity contribution in [3.05, 3.63) is 94.3 Å². The first-order valence-electron chi connectivity index (χ1n) is 12.6. The van der Waals surface area contributed by atoms with Gasteiger partial charge in [-0.2, -0.15) is 26.3 Å². The van der Waals surface area contributed by atoms with Crippen molar-refractivity contribution in [2.75, 3.05) is 6.26 Å². The fraction of sp³-hybridized carbons (Fsp3) is 0.357. The molecule has 0 spiro atoms. The summed E-state index contributed by atoms with van der Waals surface area (Å²) >= 11 is 5.79. The van der Waals surface area contributed by atoms with Gasteiger partial charge in [0.25, 0.3) is 5.60 Å². The Hall–Kier alpha value is -2.68. The Kier molecular flexibility index (Phi) is 8.77. The van der Waals surface area contributed by atoms with Crippen LogP contribution in [0.25, 0.3) is 0 Å². The van der Waals surface area contributed by atoms with E-state index < -0.39 is 70.8 Å². The molecule has 0 aromatic heterocycles. The molecule has 234 valence electrons. The summed E-state index contributed by atoms with van der Waals surface area (Å²) in [6.45, 7) is -1.41. The second-order valence-corrected chi connectivity index (χ2v) is 14.9.